The van der Waals surface area contributed by atoms with E-state index in [-0.39, 0.29) is 17.6 Å². The van der Waals surface area contributed by atoms with Crippen molar-refractivity contribution in [1.29, 1.82) is 0 Å². The highest BCUT2D eigenvalue weighted by molar-refractivity contribution is 7.15. The molecule has 9 heteroatoms. The lowest BCUT2D eigenvalue weighted by Gasteiger charge is -2.21. The standard InChI is InChI=1S/C9H10F3N3O2S/c10-9(11,12)7-13-14-8(18-7)15-3-1-2-5(15)4-6(16)17/h5H,1-4H2,(H,16,17). The lowest BCUT2D eigenvalue weighted by Crippen LogP contribution is -2.31. The van der Waals surface area contributed by atoms with E-state index in [0.717, 1.165) is 6.42 Å². The number of carboxylic acids is 1. The molecule has 0 amide bonds. The van der Waals surface area contributed by atoms with Gasteiger partial charge in [-0.3, -0.25) is 4.79 Å². The Bertz CT molecular complexity index is 449. The van der Waals surface area contributed by atoms with E-state index in [9.17, 15) is 18.0 Å². The summed E-state index contributed by atoms with van der Waals surface area (Å²) in [7, 11) is 0. The molecule has 100 valence electrons. The molecule has 0 radical (unpaired) electrons. The van der Waals surface area contributed by atoms with Gasteiger partial charge in [-0.25, -0.2) is 0 Å². The Morgan fingerprint density at radius 3 is 2.78 bits per heavy atom. The van der Waals surface area contributed by atoms with Crippen molar-refractivity contribution in [2.75, 3.05) is 11.4 Å². The van der Waals surface area contributed by atoms with E-state index in [1.54, 1.807) is 4.90 Å². The van der Waals surface area contributed by atoms with Crippen LogP contribution in [0.25, 0.3) is 0 Å². The second kappa shape index (κ2) is 4.71. The van der Waals surface area contributed by atoms with Gasteiger partial charge in [-0.2, -0.15) is 13.2 Å². The topological polar surface area (TPSA) is 66.3 Å². The molecule has 1 aromatic rings. The Kier molecular flexibility index (Phi) is 3.42. The van der Waals surface area contributed by atoms with Crippen LogP contribution < -0.4 is 4.90 Å². The van der Waals surface area contributed by atoms with Crippen molar-refractivity contribution < 1.29 is 23.1 Å². The average Bonchev–Trinajstić information content (AvgIpc) is 2.81. The van der Waals surface area contributed by atoms with Crippen LogP contribution in [-0.4, -0.2) is 33.9 Å². The van der Waals surface area contributed by atoms with Crippen LogP contribution in [0.5, 0.6) is 0 Å². The monoisotopic (exact) mass is 281 g/mol. The smallest absolute Gasteiger partial charge is 0.445 e. The molecule has 1 unspecified atom stereocenters. The summed E-state index contributed by atoms with van der Waals surface area (Å²) in [6, 6.07) is -0.295. The lowest BCUT2D eigenvalue weighted by atomic mass is 10.1. The summed E-state index contributed by atoms with van der Waals surface area (Å²) < 4.78 is 37.2. The van der Waals surface area contributed by atoms with Crippen molar-refractivity contribution >= 4 is 22.4 Å². The van der Waals surface area contributed by atoms with E-state index in [4.69, 9.17) is 5.11 Å². The first kappa shape index (κ1) is 13.1. The first-order valence-electron chi connectivity index (χ1n) is 5.27. The molecule has 1 saturated heterocycles. The maximum Gasteiger partial charge on any atom is 0.445 e. The number of aromatic nitrogens is 2. The summed E-state index contributed by atoms with van der Waals surface area (Å²) in [6.45, 7) is 0.518. The van der Waals surface area contributed by atoms with Gasteiger partial charge in [0.2, 0.25) is 10.1 Å². The van der Waals surface area contributed by atoms with Crippen LogP contribution in [0.1, 0.15) is 24.3 Å². The number of hydrogen-bond donors (Lipinski definition) is 1. The summed E-state index contributed by atoms with van der Waals surface area (Å²) in [5, 5.41) is 14.5. The summed E-state index contributed by atoms with van der Waals surface area (Å²) in [5.74, 6) is -0.965. The third-order valence-electron chi connectivity index (χ3n) is 2.69. The molecule has 0 spiro atoms. The van der Waals surface area contributed by atoms with Crippen molar-refractivity contribution in [3.8, 4) is 0 Å². The molecule has 18 heavy (non-hydrogen) atoms. The lowest BCUT2D eigenvalue weighted by molar-refractivity contribution is -0.138. The molecule has 2 heterocycles. The van der Waals surface area contributed by atoms with Crippen molar-refractivity contribution in [1.82, 2.24) is 10.2 Å². The van der Waals surface area contributed by atoms with Crippen molar-refractivity contribution in [3.63, 3.8) is 0 Å². The fourth-order valence-electron chi connectivity index (χ4n) is 1.95. The molecule has 1 N–H and O–H groups in total. The highest BCUT2D eigenvalue weighted by Crippen LogP contribution is 2.36. The van der Waals surface area contributed by atoms with Crippen LogP contribution >= 0.6 is 11.3 Å². The number of anilines is 1. The number of carboxylic acid groups (broad SMARTS) is 1. The number of nitrogens with zero attached hydrogens (tertiary/aromatic N) is 3. The van der Waals surface area contributed by atoms with Gasteiger partial charge in [0, 0.05) is 12.6 Å². The molecular formula is C9H10F3N3O2S. The second-order valence-electron chi connectivity index (χ2n) is 3.97. The fraction of sp³-hybridized carbons (Fsp3) is 0.667. The van der Waals surface area contributed by atoms with Crippen LogP contribution in [0.3, 0.4) is 0 Å². The van der Waals surface area contributed by atoms with E-state index < -0.39 is 17.2 Å². The summed E-state index contributed by atoms with van der Waals surface area (Å²) >= 11 is 0.454. The molecule has 1 aliphatic heterocycles. The maximum absolute atomic E-state index is 12.4. The summed E-state index contributed by atoms with van der Waals surface area (Å²) in [4.78, 5) is 12.3. The summed E-state index contributed by atoms with van der Waals surface area (Å²) in [5.41, 5.74) is 0. The minimum absolute atomic E-state index is 0.0963. The Balaban J connectivity index is 2.15. The molecule has 1 fully saturated rings. The van der Waals surface area contributed by atoms with Gasteiger partial charge in [0.15, 0.2) is 0 Å². The zero-order chi connectivity index (χ0) is 13.3. The van der Waals surface area contributed by atoms with Gasteiger partial charge in [0.1, 0.15) is 0 Å². The van der Waals surface area contributed by atoms with Gasteiger partial charge in [-0.1, -0.05) is 11.3 Å². The highest BCUT2D eigenvalue weighted by Gasteiger charge is 2.37. The van der Waals surface area contributed by atoms with Gasteiger partial charge in [0.05, 0.1) is 6.42 Å². The number of halogens is 3. The molecule has 1 aromatic heterocycles. The molecule has 0 bridgehead atoms. The van der Waals surface area contributed by atoms with Gasteiger partial charge in [0.25, 0.3) is 0 Å². The average molecular weight is 281 g/mol. The first-order valence-corrected chi connectivity index (χ1v) is 6.08. The van der Waals surface area contributed by atoms with E-state index in [2.05, 4.69) is 10.2 Å². The number of carbonyl (C=O) groups is 1. The molecule has 2 rings (SSSR count). The minimum atomic E-state index is -4.50. The first-order chi connectivity index (χ1) is 8.38. The Morgan fingerprint density at radius 2 is 2.22 bits per heavy atom. The zero-order valence-electron chi connectivity index (χ0n) is 9.15. The quantitative estimate of drug-likeness (QED) is 0.918. The molecular weight excluding hydrogens is 271 g/mol. The molecule has 1 aliphatic rings. The highest BCUT2D eigenvalue weighted by atomic mass is 32.1. The summed E-state index contributed by atoms with van der Waals surface area (Å²) in [6.07, 6.45) is -3.20. The normalized spacial score (nSPS) is 20.4. The van der Waals surface area contributed by atoms with Crippen molar-refractivity contribution in [2.45, 2.75) is 31.5 Å². The van der Waals surface area contributed by atoms with Crippen molar-refractivity contribution in [3.05, 3.63) is 5.01 Å². The molecule has 1 atom stereocenters. The minimum Gasteiger partial charge on any atom is -0.481 e. The predicted molar refractivity (Wildman–Crippen MR) is 57.5 cm³/mol. The Labute approximate surface area is 104 Å². The van der Waals surface area contributed by atoms with E-state index >= 15 is 0 Å². The van der Waals surface area contributed by atoms with E-state index in [0.29, 0.717) is 24.3 Å². The zero-order valence-corrected chi connectivity index (χ0v) is 9.96. The Morgan fingerprint density at radius 1 is 1.50 bits per heavy atom. The molecule has 0 aliphatic carbocycles. The van der Waals surface area contributed by atoms with Gasteiger partial charge >= 0.3 is 12.1 Å². The number of alkyl halides is 3. The van der Waals surface area contributed by atoms with Crippen LogP contribution in [0.15, 0.2) is 0 Å². The number of rotatable bonds is 3. The number of aliphatic carboxylic acids is 1. The van der Waals surface area contributed by atoms with Crippen LogP contribution in [0.4, 0.5) is 18.3 Å². The number of hydrogen-bond acceptors (Lipinski definition) is 5. The van der Waals surface area contributed by atoms with Gasteiger partial charge in [-0.15, -0.1) is 10.2 Å². The third-order valence-corrected chi connectivity index (χ3v) is 3.70. The third kappa shape index (κ3) is 2.71. The predicted octanol–water partition coefficient (Wildman–Crippen LogP) is 2.00. The SMILES string of the molecule is O=C(O)CC1CCCN1c1nnc(C(F)(F)F)s1. The Hall–Kier alpha value is -1.38. The second-order valence-corrected chi connectivity index (χ2v) is 4.93. The van der Waals surface area contributed by atoms with E-state index in [1.807, 2.05) is 0 Å². The van der Waals surface area contributed by atoms with Gasteiger partial charge in [-0.05, 0) is 12.8 Å². The largest absolute Gasteiger partial charge is 0.481 e. The van der Waals surface area contributed by atoms with Gasteiger partial charge < -0.3 is 10.0 Å². The van der Waals surface area contributed by atoms with Crippen LogP contribution in [-0.2, 0) is 11.0 Å². The van der Waals surface area contributed by atoms with Crippen LogP contribution in [0, 0.1) is 0 Å². The fourth-order valence-corrected chi connectivity index (χ4v) is 2.76. The molecule has 5 nitrogen and oxygen atoms in total. The maximum atomic E-state index is 12.4. The van der Waals surface area contributed by atoms with Crippen molar-refractivity contribution in [2.24, 2.45) is 0 Å². The molecule has 0 aromatic carbocycles. The molecule has 0 saturated carbocycles. The van der Waals surface area contributed by atoms with E-state index in [1.165, 1.54) is 0 Å². The van der Waals surface area contributed by atoms with Crippen LogP contribution in [0.2, 0.25) is 0 Å².